The Morgan fingerprint density at radius 1 is 1.26 bits per heavy atom. The van der Waals surface area contributed by atoms with Crippen LogP contribution < -0.4 is 5.73 Å². The van der Waals surface area contributed by atoms with Gasteiger partial charge in [-0.05, 0) is 42.1 Å². The van der Waals surface area contributed by atoms with E-state index in [9.17, 15) is 0 Å². The van der Waals surface area contributed by atoms with E-state index in [2.05, 4.69) is 34.3 Å². The van der Waals surface area contributed by atoms with Gasteiger partial charge in [0, 0.05) is 21.5 Å². The SMILES string of the molecule is NCCc1cn(Cc2cccs2)c2cc(Cl)ccc12. The molecule has 98 valence electrons. The average Bonchev–Trinajstić information content (AvgIpc) is 3.00. The summed E-state index contributed by atoms with van der Waals surface area (Å²) in [5, 5.41) is 4.14. The van der Waals surface area contributed by atoms with Crippen LogP contribution in [0.3, 0.4) is 0 Å². The van der Waals surface area contributed by atoms with Crippen molar-refractivity contribution in [2.45, 2.75) is 13.0 Å². The van der Waals surface area contributed by atoms with Crippen molar-refractivity contribution in [1.82, 2.24) is 4.57 Å². The first-order chi connectivity index (χ1) is 9.28. The van der Waals surface area contributed by atoms with Crippen LogP contribution in [-0.2, 0) is 13.0 Å². The predicted molar refractivity (Wildman–Crippen MR) is 83.1 cm³/mol. The second-order valence-electron chi connectivity index (χ2n) is 4.56. The lowest BCUT2D eigenvalue weighted by Crippen LogP contribution is -2.02. The van der Waals surface area contributed by atoms with E-state index in [-0.39, 0.29) is 0 Å². The van der Waals surface area contributed by atoms with Gasteiger partial charge < -0.3 is 10.3 Å². The molecule has 0 spiro atoms. The molecular weight excluding hydrogens is 276 g/mol. The zero-order valence-corrected chi connectivity index (χ0v) is 12.0. The molecule has 0 aliphatic heterocycles. The quantitative estimate of drug-likeness (QED) is 0.776. The molecule has 2 heterocycles. The molecule has 0 unspecified atom stereocenters. The smallest absolute Gasteiger partial charge is 0.0569 e. The number of nitrogens with two attached hydrogens (primary N) is 1. The first-order valence-electron chi connectivity index (χ1n) is 6.27. The van der Waals surface area contributed by atoms with Crippen LogP contribution in [0.4, 0.5) is 0 Å². The van der Waals surface area contributed by atoms with Gasteiger partial charge in [0.05, 0.1) is 12.1 Å². The number of nitrogens with zero attached hydrogens (tertiary/aromatic N) is 1. The first kappa shape index (κ1) is 12.7. The molecule has 19 heavy (non-hydrogen) atoms. The molecule has 0 saturated heterocycles. The van der Waals surface area contributed by atoms with Gasteiger partial charge in [-0.3, -0.25) is 0 Å². The summed E-state index contributed by atoms with van der Waals surface area (Å²) in [5.41, 5.74) is 8.18. The number of hydrogen-bond donors (Lipinski definition) is 1. The lowest BCUT2D eigenvalue weighted by atomic mass is 10.1. The van der Waals surface area contributed by atoms with Gasteiger partial charge in [0.25, 0.3) is 0 Å². The van der Waals surface area contributed by atoms with Crippen LogP contribution in [-0.4, -0.2) is 11.1 Å². The number of hydrogen-bond acceptors (Lipinski definition) is 2. The molecule has 4 heteroatoms. The minimum Gasteiger partial charge on any atom is -0.342 e. The Labute approximate surface area is 121 Å². The Hall–Kier alpha value is -1.29. The fraction of sp³-hybridized carbons (Fsp3) is 0.200. The number of benzene rings is 1. The van der Waals surface area contributed by atoms with Crippen molar-refractivity contribution < 1.29 is 0 Å². The van der Waals surface area contributed by atoms with E-state index in [4.69, 9.17) is 17.3 Å². The molecule has 0 saturated carbocycles. The molecule has 0 amide bonds. The fourth-order valence-electron chi connectivity index (χ4n) is 2.40. The summed E-state index contributed by atoms with van der Waals surface area (Å²) in [5.74, 6) is 0. The van der Waals surface area contributed by atoms with E-state index in [0.717, 1.165) is 18.0 Å². The van der Waals surface area contributed by atoms with Gasteiger partial charge in [-0.2, -0.15) is 0 Å². The number of halogens is 1. The zero-order chi connectivity index (χ0) is 13.2. The van der Waals surface area contributed by atoms with Crippen LogP contribution in [0, 0.1) is 0 Å². The molecule has 0 fully saturated rings. The molecule has 2 aromatic heterocycles. The zero-order valence-electron chi connectivity index (χ0n) is 10.5. The van der Waals surface area contributed by atoms with Crippen LogP contribution >= 0.6 is 22.9 Å². The van der Waals surface area contributed by atoms with Crippen LogP contribution in [0.5, 0.6) is 0 Å². The molecule has 2 N–H and O–H groups in total. The van der Waals surface area contributed by atoms with E-state index >= 15 is 0 Å². The highest BCUT2D eigenvalue weighted by Crippen LogP contribution is 2.26. The topological polar surface area (TPSA) is 30.9 Å². The summed E-state index contributed by atoms with van der Waals surface area (Å²) in [6.07, 6.45) is 3.10. The van der Waals surface area contributed by atoms with E-state index in [1.165, 1.54) is 21.3 Å². The third kappa shape index (κ3) is 2.54. The summed E-state index contributed by atoms with van der Waals surface area (Å²) in [6, 6.07) is 10.3. The third-order valence-corrected chi connectivity index (χ3v) is 4.34. The molecule has 0 radical (unpaired) electrons. The normalized spacial score (nSPS) is 11.3. The molecule has 0 aliphatic carbocycles. The second kappa shape index (κ2) is 5.37. The summed E-state index contributed by atoms with van der Waals surface area (Å²) in [4.78, 5) is 1.34. The van der Waals surface area contributed by atoms with Crippen molar-refractivity contribution in [3.63, 3.8) is 0 Å². The summed E-state index contributed by atoms with van der Waals surface area (Å²) in [6.45, 7) is 1.56. The third-order valence-electron chi connectivity index (χ3n) is 3.25. The number of aromatic nitrogens is 1. The summed E-state index contributed by atoms with van der Waals surface area (Å²) in [7, 11) is 0. The molecule has 0 atom stereocenters. The Morgan fingerprint density at radius 2 is 2.16 bits per heavy atom. The highest BCUT2D eigenvalue weighted by Gasteiger charge is 2.09. The van der Waals surface area contributed by atoms with Crippen LogP contribution in [0.1, 0.15) is 10.4 Å². The average molecular weight is 291 g/mol. The fourth-order valence-corrected chi connectivity index (χ4v) is 3.27. The van der Waals surface area contributed by atoms with Gasteiger partial charge in [0.15, 0.2) is 0 Å². The van der Waals surface area contributed by atoms with E-state index < -0.39 is 0 Å². The number of fused-ring (bicyclic) bond motifs is 1. The van der Waals surface area contributed by atoms with E-state index in [1.54, 1.807) is 11.3 Å². The van der Waals surface area contributed by atoms with Crippen LogP contribution in [0.2, 0.25) is 5.02 Å². The molecule has 3 rings (SSSR count). The maximum atomic E-state index is 6.12. The largest absolute Gasteiger partial charge is 0.342 e. The van der Waals surface area contributed by atoms with Crippen LogP contribution in [0.25, 0.3) is 10.9 Å². The molecule has 1 aromatic carbocycles. The van der Waals surface area contributed by atoms with Crippen molar-refractivity contribution in [2.75, 3.05) is 6.54 Å². The predicted octanol–water partition coefficient (Wildman–Crippen LogP) is 3.91. The maximum Gasteiger partial charge on any atom is 0.0569 e. The minimum absolute atomic E-state index is 0.667. The van der Waals surface area contributed by atoms with Gasteiger partial charge in [-0.25, -0.2) is 0 Å². The molecular formula is C15H15ClN2S. The van der Waals surface area contributed by atoms with Crippen molar-refractivity contribution >= 4 is 33.8 Å². The second-order valence-corrected chi connectivity index (χ2v) is 6.03. The Kier molecular flexibility index (Phi) is 3.60. The molecule has 0 aliphatic rings. The lowest BCUT2D eigenvalue weighted by molar-refractivity contribution is 0.840. The van der Waals surface area contributed by atoms with Crippen molar-refractivity contribution in [2.24, 2.45) is 5.73 Å². The molecule has 2 nitrogen and oxygen atoms in total. The van der Waals surface area contributed by atoms with Gasteiger partial charge in [0.1, 0.15) is 0 Å². The number of thiophene rings is 1. The van der Waals surface area contributed by atoms with E-state index in [0.29, 0.717) is 6.54 Å². The molecule has 3 aromatic rings. The van der Waals surface area contributed by atoms with Gasteiger partial charge in [0.2, 0.25) is 0 Å². The van der Waals surface area contributed by atoms with Gasteiger partial charge >= 0.3 is 0 Å². The Bertz CT molecular complexity index is 686. The van der Waals surface area contributed by atoms with Gasteiger partial charge in [-0.1, -0.05) is 23.7 Å². The standard InChI is InChI=1S/C15H15ClN2S/c16-12-3-4-14-11(5-6-17)9-18(15(14)8-12)10-13-2-1-7-19-13/h1-4,7-9H,5-6,10,17H2. The van der Waals surface area contributed by atoms with Gasteiger partial charge in [-0.15, -0.1) is 11.3 Å². The minimum atomic E-state index is 0.667. The monoisotopic (exact) mass is 290 g/mol. The van der Waals surface area contributed by atoms with Crippen molar-refractivity contribution in [3.8, 4) is 0 Å². The highest BCUT2D eigenvalue weighted by molar-refractivity contribution is 7.09. The first-order valence-corrected chi connectivity index (χ1v) is 7.53. The Balaban J connectivity index is 2.09. The summed E-state index contributed by atoms with van der Waals surface area (Å²) >= 11 is 7.90. The number of rotatable bonds is 4. The van der Waals surface area contributed by atoms with E-state index in [1.807, 2.05) is 12.1 Å². The van der Waals surface area contributed by atoms with Crippen molar-refractivity contribution in [3.05, 3.63) is 57.4 Å². The molecule has 0 bridgehead atoms. The highest BCUT2D eigenvalue weighted by atomic mass is 35.5. The van der Waals surface area contributed by atoms with Crippen LogP contribution in [0.15, 0.2) is 41.9 Å². The Morgan fingerprint density at radius 3 is 2.89 bits per heavy atom. The summed E-state index contributed by atoms with van der Waals surface area (Å²) < 4.78 is 2.26. The van der Waals surface area contributed by atoms with Crippen molar-refractivity contribution in [1.29, 1.82) is 0 Å². The lowest BCUT2D eigenvalue weighted by Gasteiger charge is -2.03. The maximum absolute atomic E-state index is 6.12.